The molecule has 0 saturated carbocycles. The van der Waals surface area contributed by atoms with E-state index in [1.54, 1.807) is 0 Å². The van der Waals surface area contributed by atoms with Crippen LogP contribution in [-0.2, 0) is 12.8 Å². The molecule has 0 amide bonds. The SMILES string of the molecule is c1ccc(C[C@@H]2CN3C[C@@H](Cc4ccccc4)NC3=N2)cc1. The summed E-state index contributed by atoms with van der Waals surface area (Å²) in [5, 5.41) is 3.59. The summed E-state index contributed by atoms with van der Waals surface area (Å²) in [5.74, 6) is 1.10. The molecule has 4 rings (SSSR count). The third kappa shape index (κ3) is 2.84. The third-order valence-electron chi connectivity index (χ3n) is 4.45. The molecule has 2 aromatic rings. The Morgan fingerprint density at radius 1 is 0.864 bits per heavy atom. The smallest absolute Gasteiger partial charge is 0.194 e. The Balaban J connectivity index is 1.37. The van der Waals surface area contributed by atoms with E-state index in [9.17, 15) is 0 Å². The van der Waals surface area contributed by atoms with Crippen LogP contribution in [0.4, 0.5) is 0 Å². The molecule has 2 aliphatic heterocycles. The number of hydrogen-bond donors (Lipinski definition) is 1. The second-order valence-corrected chi connectivity index (χ2v) is 6.23. The highest BCUT2D eigenvalue weighted by molar-refractivity contribution is 5.84. The zero-order chi connectivity index (χ0) is 14.8. The number of benzene rings is 2. The first-order valence-electron chi connectivity index (χ1n) is 8.04. The standard InChI is InChI=1S/C19H21N3/c1-3-7-15(8-4-1)11-17-13-22-14-18(21-19(22)20-17)12-16-9-5-2-6-10-16/h1-10,17-18H,11-14H2,(H,20,21)/t17-,18-/m1/s1. The number of aliphatic imine (C=N–C) groups is 1. The molecule has 2 atom stereocenters. The van der Waals surface area contributed by atoms with Gasteiger partial charge in [0.25, 0.3) is 0 Å². The Kier molecular flexibility index (Phi) is 3.55. The topological polar surface area (TPSA) is 27.6 Å². The molecule has 0 aliphatic carbocycles. The minimum atomic E-state index is 0.391. The highest BCUT2D eigenvalue weighted by Crippen LogP contribution is 2.19. The maximum Gasteiger partial charge on any atom is 0.194 e. The fourth-order valence-electron chi connectivity index (χ4n) is 3.43. The van der Waals surface area contributed by atoms with Crippen molar-refractivity contribution >= 4 is 5.96 Å². The molecule has 0 spiro atoms. The van der Waals surface area contributed by atoms with Gasteiger partial charge in [-0.3, -0.25) is 0 Å². The fraction of sp³-hybridized carbons (Fsp3) is 0.316. The van der Waals surface area contributed by atoms with Crippen molar-refractivity contribution < 1.29 is 0 Å². The van der Waals surface area contributed by atoms with Crippen molar-refractivity contribution in [2.45, 2.75) is 24.9 Å². The van der Waals surface area contributed by atoms with Gasteiger partial charge in [-0.25, -0.2) is 4.99 Å². The van der Waals surface area contributed by atoms with Gasteiger partial charge in [-0.1, -0.05) is 60.7 Å². The minimum Gasteiger partial charge on any atom is -0.351 e. The van der Waals surface area contributed by atoms with Crippen molar-refractivity contribution in [1.82, 2.24) is 10.2 Å². The van der Waals surface area contributed by atoms with Crippen molar-refractivity contribution in [3.8, 4) is 0 Å². The lowest BCUT2D eigenvalue weighted by molar-refractivity contribution is 0.422. The van der Waals surface area contributed by atoms with E-state index in [1.807, 2.05) is 0 Å². The molecule has 2 aliphatic rings. The molecular weight excluding hydrogens is 270 g/mol. The molecular formula is C19H21N3. The molecule has 1 N–H and O–H groups in total. The van der Waals surface area contributed by atoms with Crippen molar-refractivity contribution in [1.29, 1.82) is 0 Å². The Morgan fingerprint density at radius 3 is 2.14 bits per heavy atom. The second-order valence-electron chi connectivity index (χ2n) is 6.23. The van der Waals surface area contributed by atoms with Crippen LogP contribution < -0.4 is 5.32 Å². The van der Waals surface area contributed by atoms with E-state index in [-0.39, 0.29) is 0 Å². The minimum absolute atomic E-state index is 0.391. The lowest BCUT2D eigenvalue weighted by atomic mass is 10.1. The number of hydrogen-bond acceptors (Lipinski definition) is 3. The first-order valence-corrected chi connectivity index (χ1v) is 8.04. The highest BCUT2D eigenvalue weighted by Gasteiger charge is 2.33. The van der Waals surface area contributed by atoms with E-state index in [0.717, 1.165) is 31.9 Å². The maximum atomic E-state index is 4.87. The molecule has 3 heteroatoms. The monoisotopic (exact) mass is 291 g/mol. The van der Waals surface area contributed by atoms with E-state index >= 15 is 0 Å². The number of fused-ring (bicyclic) bond motifs is 1. The Morgan fingerprint density at radius 2 is 1.50 bits per heavy atom. The normalized spacial score (nSPS) is 23.1. The van der Waals surface area contributed by atoms with Gasteiger partial charge >= 0.3 is 0 Å². The first-order chi connectivity index (χ1) is 10.9. The van der Waals surface area contributed by atoms with Crippen LogP contribution in [0.2, 0.25) is 0 Å². The van der Waals surface area contributed by atoms with Crippen LogP contribution in [0, 0.1) is 0 Å². The summed E-state index contributed by atoms with van der Waals surface area (Å²) in [4.78, 5) is 7.27. The summed E-state index contributed by atoms with van der Waals surface area (Å²) in [7, 11) is 0. The molecule has 0 bridgehead atoms. The van der Waals surface area contributed by atoms with Crippen molar-refractivity contribution in [3.63, 3.8) is 0 Å². The average molecular weight is 291 g/mol. The van der Waals surface area contributed by atoms with Gasteiger partial charge in [-0.05, 0) is 24.0 Å². The van der Waals surface area contributed by atoms with Gasteiger partial charge in [0.05, 0.1) is 12.1 Å². The van der Waals surface area contributed by atoms with Crippen molar-refractivity contribution in [2.24, 2.45) is 4.99 Å². The van der Waals surface area contributed by atoms with Crippen molar-refractivity contribution in [3.05, 3.63) is 71.8 Å². The van der Waals surface area contributed by atoms with Crippen LogP contribution >= 0.6 is 0 Å². The number of rotatable bonds is 4. The van der Waals surface area contributed by atoms with Gasteiger partial charge in [0.2, 0.25) is 0 Å². The zero-order valence-corrected chi connectivity index (χ0v) is 12.7. The van der Waals surface area contributed by atoms with Gasteiger partial charge in [-0.2, -0.15) is 0 Å². The lowest BCUT2D eigenvalue weighted by Crippen LogP contribution is -2.29. The molecule has 2 aromatic carbocycles. The molecule has 0 unspecified atom stereocenters. The van der Waals surface area contributed by atoms with Gasteiger partial charge in [0, 0.05) is 13.1 Å². The van der Waals surface area contributed by atoms with Gasteiger partial charge in [0.15, 0.2) is 5.96 Å². The quantitative estimate of drug-likeness (QED) is 0.937. The van der Waals surface area contributed by atoms with Crippen LogP contribution in [0.3, 0.4) is 0 Å². The Labute approximate surface area is 131 Å². The highest BCUT2D eigenvalue weighted by atomic mass is 15.4. The second kappa shape index (κ2) is 5.84. The molecule has 22 heavy (non-hydrogen) atoms. The maximum absolute atomic E-state index is 4.87. The van der Waals surface area contributed by atoms with Crippen LogP contribution in [0.25, 0.3) is 0 Å². The molecule has 2 heterocycles. The van der Waals surface area contributed by atoms with Gasteiger partial charge in [0.1, 0.15) is 0 Å². The van der Waals surface area contributed by atoms with E-state index in [2.05, 4.69) is 70.9 Å². The van der Waals surface area contributed by atoms with Gasteiger partial charge in [-0.15, -0.1) is 0 Å². The summed E-state index contributed by atoms with van der Waals surface area (Å²) in [6.07, 6.45) is 2.10. The predicted octanol–water partition coefficient (Wildman–Crippen LogP) is 2.48. The van der Waals surface area contributed by atoms with Crippen LogP contribution in [0.1, 0.15) is 11.1 Å². The molecule has 1 saturated heterocycles. The predicted molar refractivity (Wildman–Crippen MR) is 90.0 cm³/mol. The summed E-state index contributed by atoms with van der Waals surface area (Å²) >= 11 is 0. The molecule has 0 aromatic heterocycles. The zero-order valence-electron chi connectivity index (χ0n) is 12.7. The van der Waals surface area contributed by atoms with E-state index in [4.69, 9.17) is 4.99 Å². The summed E-state index contributed by atoms with van der Waals surface area (Å²) in [5.41, 5.74) is 2.77. The molecule has 3 nitrogen and oxygen atoms in total. The van der Waals surface area contributed by atoms with Crippen LogP contribution in [-0.4, -0.2) is 36.0 Å². The van der Waals surface area contributed by atoms with Gasteiger partial charge < -0.3 is 10.2 Å². The van der Waals surface area contributed by atoms with Crippen LogP contribution in [0.5, 0.6) is 0 Å². The molecule has 1 fully saturated rings. The first kappa shape index (κ1) is 13.4. The van der Waals surface area contributed by atoms with Crippen molar-refractivity contribution in [2.75, 3.05) is 13.1 Å². The summed E-state index contributed by atoms with van der Waals surface area (Å²) in [6, 6.07) is 22.2. The van der Waals surface area contributed by atoms with Crippen LogP contribution in [0.15, 0.2) is 65.7 Å². The van der Waals surface area contributed by atoms with E-state index < -0.39 is 0 Å². The van der Waals surface area contributed by atoms with E-state index in [0.29, 0.717) is 12.1 Å². The fourth-order valence-corrected chi connectivity index (χ4v) is 3.43. The molecule has 112 valence electrons. The third-order valence-corrected chi connectivity index (χ3v) is 4.45. The Bertz CT molecular complexity index is 651. The number of guanidine groups is 1. The summed E-state index contributed by atoms with van der Waals surface area (Å²) in [6.45, 7) is 2.11. The molecule has 0 radical (unpaired) electrons. The Hall–Kier alpha value is -2.29. The average Bonchev–Trinajstić information content (AvgIpc) is 3.07. The number of nitrogens with one attached hydrogen (secondary N) is 1. The largest absolute Gasteiger partial charge is 0.351 e. The lowest BCUT2D eigenvalue weighted by Gasteiger charge is -2.15. The van der Waals surface area contributed by atoms with E-state index in [1.165, 1.54) is 11.1 Å². The number of nitrogens with zero attached hydrogens (tertiary/aromatic N) is 2. The summed E-state index contributed by atoms with van der Waals surface area (Å²) < 4.78 is 0.